The van der Waals surface area contributed by atoms with Gasteiger partial charge in [-0.3, -0.25) is 19.5 Å². The number of hydrogen-bond donors (Lipinski definition) is 1. The minimum atomic E-state index is -0.435. The number of ketones is 1. The standard InChI is InChI=1S/C26H28ClN3O3/c1-4-16-29(23(32)15-10-19-8-6-5-7-9-19)17-22(31)24-25(18(2)3)28-30(26(24)33)21-13-11-20(27)12-14-21/h5-15,18,28H,4,16-17H2,1-3H3. The maximum atomic E-state index is 13.3. The quantitative estimate of drug-likeness (QED) is 0.354. The number of halogens is 1. The van der Waals surface area contributed by atoms with Gasteiger partial charge in [0.25, 0.3) is 5.56 Å². The van der Waals surface area contributed by atoms with Crippen molar-refractivity contribution < 1.29 is 9.59 Å². The van der Waals surface area contributed by atoms with Crippen LogP contribution in [0.1, 0.15) is 54.7 Å². The van der Waals surface area contributed by atoms with Crippen molar-refractivity contribution in [1.29, 1.82) is 0 Å². The van der Waals surface area contributed by atoms with Crippen molar-refractivity contribution >= 4 is 29.4 Å². The van der Waals surface area contributed by atoms with E-state index < -0.39 is 5.56 Å². The molecule has 0 aliphatic carbocycles. The Morgan fingerprint density at radius 2 is 1.76 bits per heavy atom. The fourth-order valence-corrected chi connectivity index (χ4v) is 3.67. The second kappa shape index (κ2) is 11.0. The fraction of sp³-hybridized carbons (Fsp3) is 0.269. The van der Waals surface area contributed by atoms with Gasteiger partial charge in [-0.25, -0.2) is 4.68 Å². The third kappa shape index (κ3) is 5.90. The van der Waals surface area contributed by atoms with Crippen LogP contribution >= 0.6 is 11.6 Å². The summed E-state index contributed by atoms with van der Waals surface area (Å²) < 4.78 is 1.35. The van der Waals surface area contributed by atoms with Gasteiger partial charge >= 0.3 is 0 Å². The number of carbonyl (C=O) groups excluding carboxylic acids is 2. The molecule has 1 aromatic heterocycles. The molecule has 0 saturated heterocycles. The number of nitrogens with one attached hydrogen (secondary N) is 1. The first-order valence-corrected chi connectivity index (χ1v) is 11.4. The lowest BCUT2D eigenvalue weighted by atomic mass is 10.0. The van der Waals surface area contributed by atoms with Gasteiger partial charge < -0.3 is 4.90 Å². The van der Waals surface area contributed by atoms with E-state index in [0.29, 0.717) is 29.4 Å². The molecule has 1 N–H and O–H groups in total. The predicted octanol–water partition coefficient (Wildman–Crippen LogP) is 5.08. The maximum absolute atomic E-state index is 13.3. The number of nitrogens with zero attached hydrogens (tertiary/aromatic N) is 2. The molecular formula is C26H28ClN3O3. The zero-order valence-corrected chi connectivity index (χ0v) is 19.8. The van der Waals surface area contributed by atoms with Gasteiger partial charge in [-0.2, -0.15) is 0 Å². The van der Waals surface area contributed by atoms with Crippen LogP contribution in [0.25, 0.3) is 11.8 Å². The summed E-state index contributed by atoms with van der Waals surface area (Å²) in [4.78, 5) is 40.8. The van der Waals surface area contributed by atoms with Gasteiger partial charge in [-0.05, 0) is 48.2 Å². The van der Waals surface area contributed by atoms with Crippen LogP contribution < -0.4 is 5.56 Å². The summed E-state index contributed by atoms with van der Waals surface area (Å²) in [5, 5.41) is 3.62. The maximum Gasteiger partial charge on any atom is 0.282 e. The number of aromatic nitrogens is 2. The molecule has 0 radical (unpaired) electrons. The molecule has 0 atom stereocenters. The molecule has 0 aliphatic heterocycles. The van der Waals surface area contributed by atoms with E-state index in [1.165, 1.54) is 15.7 Å². The summed E-state index contributed by atoms with van der Waals surface area (Å²) in [6.07, 6.45) is 3.88. The van der Waals surface area contributed by atoms with Crippen LogP contribution in [-0.4, -0.2) is 39.5 Å². The second-order valence-corrected chi connectivity index (χ2v) is 8.54. The summed E-state index contributed by atoms with van der Waals surface area (Å²) in [7, 11) is 0. The Labute approximate surface area is 198 Å². The highest BCUT2D eigenvalue weighted by Gasteiger charge is 2.26. The average molecular weight is 466 g/mol. The molecule has 1 heterocycles. The molecule has 1 amide bonds. The van der Waals surface area contributed by atoms with Crippen molar-refractivity contribution in [2.45, 2.75) is 33.1 Å². The van der Waals surface area contributed by atoms with Gasteiger partial charge in [-0.1, -0.05) is 62.7 Å². The molecule has 0 spiro atoms. The Kier molecular flexibility index (Phi) is 8.06. The predicted molar refractivity (Wildman–Crippen MR) is 132 cm³/mol. The number of Topliss-reactive ketones (excluding diaryl/α,β-unsaturated/α-hetero) is 1. The van der Waals surface area contributed by atoms with Crippen LogP contribution in [-0.2, 0) is 4.79 Å². The summed E-state index contributed by atoms with van der Waals surface area (Å²) >= 11 is 5.96. The van der Waals surface area contributed by atoms with Crippen LogP contribution in [0.3, 0.4) is 0 Å². The van der Waals surface area contributed by atoms with Gasteiger partial charge in [0.05, 0.1) is 17.9 Å². The van der Waals surface area contributed by atoms with Crippen LogP contribution in [0.15, 0.2) is 65.5 Å². The molecule has 0 bridgehead atoms. The second-order valence-electron chi connectivity index (χ2n) is 8.10. The molecule has 0 saturated carbocycles. The zero-order valence-electron chi connectivity index (χ0n) is 19.0. The lowest BCUT2D eigenvalue weighted by Crippen LogP contribution is -2.37. The number of carbonyl (C=O) groups is 2. The number of amides is 1. The van der Waals surface area contributed by atoms with E-state index in [1.807, 2.05) is 51.1 Å². The summed E-state index contributed by atoms with van der Waals surface area (Å²) in [6.45, 7) is 6.00. The normalized spacial score (nSPS) is 11.3. The van der Waals surface area contributed by atoms with Crippen LogP contribution in [0, 0.1) is 0 Å². The molecule has 2 aromatic carbocycles. The van der Waals surface area contributed by atoms with E-state index >= 15 is 0 Å². The Hall–Kier alpha value is -3.38. The molecular weight excluding hydrogens is 438 g/mol. The fourth-order valence-electron chi connectivity index (χ4n) is 3.54. The molecule has 0 unspecified atom stereocenters. The van der Waals surface area contributed by atoms with Gasteiger partial charge in [0, 0.05) is 17.6 Å². The smallest absolute Gasteiger partial charge is 0.282 e. The van der Waals surface area contributed by atoms with Gasteiger partial charge in [0.1, 0.15) is 5.56 Å². The number of H-pyrrole nitrogens is 1. The monoisotopic (exact) mass is 465 g/mol. The Balaban J connectivity index is 1.89. The molecule has 0 aliphatic rings. The highest BCUT2D eigenvalue weighted by Crippen LogP contribution is 2.19. The number of benzene rings is 2. The minimum absolute atomic E-state index is 0.0842. The first-order chi connectivity index (χ1) is 15.8. The first-order valence-electron chi connectivity index (χ1n) is 11.0. The minimum Gasteiger partial charge on any atom is -0.331 e. The molecule has 0 fully saturated rings. The molecule has 33 heavy (non-hydrogen) atoms. The summed E-state index contributed by atoms with van der Waals surface area (Å²) in [6, 6.07) is 16.3. The van der Waals surface area contributed by atoms with Gasteiger partial charge in [0.15, 0.2) is 5.78 Å². The van der Waals surface area contributed by atoms with Crippen molar-refractivity contribution in [3.8, 4) is 5.69 Å². The summed E-state index contributed by atoms with van der Waals surface area (Å²) in [5.74, 6) is -0.741. The van der Waals surface area contributed by atoms with Crippen molar-refractivity contribution in [3.63, 3.8) is 0 Å². The molecule has 3 aromatic rings. The SMILES string of the molecule is CCCN(CC(=O)c1c(C(C)C)[nH]n(-c2ccc(Cl)cc2)c1=O)C(=O)C=Cc1ccccc1. The van der Waals surface area contributed by atoms with Crippen molar-refractivity contribution in [1.82, 2.24) is 14.7 Å². The Bertz CT molecular complexity index is 1190. The van der Waals surface area contributed by atoms with E-state index in [-0.39, 0.29) is 29.7 Å². The topological polar surface area (TPSA) is 75.2 Å². The number of rotatable bonds is 9. The average Bonchev–Trinajstić information content (AvgIpc) is 3.16. The third-order valence-electron chi connectivity index (χ3n) is 5.22. The molecule has 7 heteroatoms. The van der Waals surface area contributed by atoms with E-state index in [0.717, 1.165) is 5.56 Å². The first kappa shape index (κ1) is 24.3. The Morgan fingerprint density at radius 3 is 2.36 bits per heavy atom. The highest BCUT2D eigenvalue weighted by atomic mass is 35.5. The van der Waals surface area contributed by atoms with Gasteiger partial charge in [-0.15, -0.1) is 0 Å². The van der Waals surface area contributed by atoms with E-state index in [2.05, 4.69) is 5.10 Å². The lowest BCUT2D eigenvalue weighted by Gasteiger charge is -2.19. The van der Waals surface area contributed by atoms with Crippen LogP contribution in [0.2, 0.25) is 5.02 Å². The summed E-state index contributed by atoms with van der Waals surface area (Å²) in [5.41, 5.74) is 1.67. The van der Waals surface area contributed by atoms with E-state index in [1.54, 1.807) is 30.3 Å². The lowest BCUT2D eigenvalue weighted by molar-refractivity contribution is -0.125. The van der Waals surface area contributed by atoms with Crippen LogP contribution in [0.4, 0.5) is 0 Å². The highest BCUT2D eigenvalue weighted by molar-refractivity contribution is 6.30. The third-order valence-corrected chi connectivity index (χ3v) is 5.47. The largest absolute Gasteiger partial charge is 0.331 e. The molecule has 3 rings (SSSR count). The van der Waals surface area contributed by atoms with Crippen molar-refractivity contribution in [2.75, 3.05) is 13.1 Å². The van der Waals surface area contributed by atoms with E-state index in [4.69, 9.17) is 11.6 Å². The van der Waals surface area contributed by atoms with Crippen molar-refractivity contribution in [3.05, 3.63) is 92.9 Å². The van der Waals surface area contributed by atoms with Gasteiger partial charge in [0.2, 0.25) is 5.91 Å². The van der Waals surface area contributed by atoms with E-state index in [9.17, 15) is 14.4 Å². The van der Waals surface area contributed by atoms with Crippen molar-refractivity contribution in [2.24, 2.45) is 0 Å². The number of aromatic amines is 1. The molecule has 6 nitrogen and oxygen atoms in total. The number of hydrogen-bond acceptors (Lipinski definition) is 3. The van der Waals surface area contributed by atoms with Crippen LogP contribution in [0.5, 0.6) is 0 Å². The molecule has 172 valence electrons. The zero-order chi connectivity index (χ0) is 24.0. The Morgan fingerprint density at radius 1 is 1.09 bits per heavy atom.